The molecule has 2 bridgehead atoms. The van der Waals surface area contributed by atoms with Crippen LogP contribution in [0, 0.1) is 17.6 Å². The summed E-state index contributed by atoms with van der Waals surface area (Å²) in [6.45, 7) is 0.305. The average molecular weight is 413 g/mol. The molecule has 2 fully saturated rings. The van der Waals surface area contributed by atoms with E-state index in [1.165, 1.54) is 11.0 Å². The Morgan fingerprint density at radius 1 is 1.13 bits per heavy atom. The van der Waals surface area contributed by atoms with Crippen LogP contribution in [0.15, 0.2) is 36.4 Å². The van der Waals surface area contributed by atoms with E-state index >= 15 is 0 Å². The minimum atomic E-state index is -1.00. The molecule has 6 nitrogen and oxygen atoms in total. The van der Waals surface area contributed by atoms with Crippen molar-refractivity contribution in [3.8, 4) is 5.75 Å². The van der Waals surface area contributed by atoms with Crippen LogP contribution in [0.4, 0.5) is 19.3 Å². The van der Waals surface area contributed by atoms with Crippen LogP contribution in [0.1, 0.15) is 29.9 Å². The average Bonchev–Trinajstić information content (AvgIpc) is 3.34. The second-order valence-corrected chi connectivity index (χ2v) is 8.32. The van der Waals surface area contributed by atoms with Gasteiger partial charge in [0.1, 0.15) is 12.3 Å². The van der Waals surface area contributed by atoms with Gasteiger partial charge in [-0.1, -0.05) is 12.1 Å². The van der Waals surface area contributed by atoms with Crippen LogP contribution in [-0.4, -0.2) is 46.0 Å². The van der Waals surface area contributed by atoms with Crippen molar-refractivity contribution in [3.05, 3.63) is 59.2 Å². The quantitative estimate of drug-likeness (QED) is 0.810. The van der Waals surface area contributed by atoms with Crippen molar-refractivity contribution in [1.82, 2.24) is 9.80 Å². The Labute approximate surface area is 172 Å². The van der Waals surface area contributed by atoms with Gasteiger partial charge in [-0.05, 0) is 48.6 Å². The Morgan fingerprint density at radius 3 is 2.63 bits per heavy atom. The zero-order valence-electron chi connectivity index (χ0n) is 16.1. The number of nitrogens with one attached hydrogen (secondary N) is 1. The first-order chi connectivity index (χ1) is 14.4. The van der Waals surface area contributed by atoms with Crippen molar-refractivity contribution in [1.29, 1.82) is 0 Å². The van der Waals surface area contributed by atoms with Gasteiger partial charge in [-0.15, -0.1) is 0 Å². The molecule has 156 valence electrons. The predicted octanol–water partition coefficient (Wildman–Crippen LogP) is 3.42. The topological polar surface area (TPSA) is 72.9 Å². The lowest BCUT2D eigenvalue weighted by molar-refractivity contribution is -0.133. The third-order valence-electron chi connectivity index (χ3n) is 6.52. The summed E-state index contributed by atoms with van der Waals surface area (Å²) in [6.07, 6.45) is 1.90. The van der Waals surface area contributed by atoms with Crippen LogP contribution in [0.25, 0.3) is 0 Å². The van der Waals surface area contributed by atoms with Gasteiger partial charge in [0.05, 0.1) is 12.2 Å². The number of anilines is 1. The van der Waals surface area contributed by atoms with E-state index in [9.17, 15) is 23.5 Å². The molecule has 2 N–H and O–H groups in total. The third-order valence-corrected chi connectivity index (χ3v) is 6.52. The first-order valence-corrected chi connectivity index (χ1v) is 10.0. The van der Waals surface area contributed by atoms with Gasteiger partial charge in [-0.3, -0.25) is 4.79 Å². The van der Waals surface area contributed by atoms with Crippen LogP contribution >= 0.6 is 0 Å². The number of urea groups is 1. The van der Waals surface area contributed by atoms with E-state index in [1.54, 1.807) is 12.1 Å². The van der Waals surface area contributed by atoms with Crippen molar-refractivity contribution >= 4 is 17.6 Å². The Kier molecular flexibility index (Phi) is 4.38. The molecule has 3 aliphatic rings. The maximum absolute atomic E-state index is 14.1. The molecule has 2 heterocycles. The highest BCUT2D eigenvalue weighted by atomic mass is 19.2. The summed E-state index contributed by atoms with van der Waals surface area (Å²) in [5.41, 5.74) is 1.36. The number of phenolic OH excluding ortho intramolecular Hbond substituents is 1. The maximum Gasteiger partial charge on any atom is 0.322 e. The fraction of sp³-hybridized carbons (Fsp3) is 0.364. The summed E-state index contributed by atoms with van der Waals surface area (Å²) in [5.74, 6) is -1.38. The first kappa shape index (κ1) is 18.8. The van der Waals surface area contributed by atoms with Crippen LogP contribution in [-0.2, 0) is 11.3 Å². The molecule has 0 aromatic heterocycles. The normalized spacial score (nSPS) is 24.7. The second kappa shape index (κ2) is 6.97. The number of hydrogen-bond acceptors (Lipinski definition) is 3. The molecule has 0 unspecified atom stereocenters. The van der Waals surface area contributed by atoms with Crippen molar-refractivity contribution in [2.75, 3.05) is 18.4 Å². The number of halogens is 2. The summed E-state index contributed by atoms with van der Waals surface area (Å²) in [6, 6.07) is 8.91. The van der Waals surface area contributed by atoms with Crippen molar-refractivity contribution < 1.29 is 23.5 Å². The van der Waals surface area contributed by atoms with Gasteiger partial charge in [0.15, 0.2) is 11.6 Å². The molecule has 1 aliphatic carbocycles. The molecular formula is C22H21F2N3O3. The fourth-order valence-corrected chi connectivity index (χ4v) is 5.09. The molecule has 0 radical (unpaired) electrons. The van der Waals surface area contributed by atoms with Gasteiger partial charge in [0.2, 0.25) is 5.91 Å². The fourth-order valence-electron chi connectivity index (χ4n) is 5.09. The van der Waals surface area contributed by atoms with Crippen molar-refractivity contribution in [2.45, 2.75) is 31.3 Å². The minimum absolute atomic E-state index is 0.0429. The number of aromatic hydroxyl groups is 1. The molecule has 1 saturated carbocycles. The molecule has 2 aromatic rings. The number of piperidine rings is 1. The van der Waals surface area contributed by atoms with Crippen LogP contribution in [0.3, 0.4) is 0 Å². The standard InChI is InChI=1S/C22H21F2N3O3/c23-17-5-6-18-16(21(17)24)10-26(22(30)25-18)11-20(29)27-9-12-7-15(19(27)8-12)13-1-3-14(28)4-2-13/h1-6,12,15,19,28H,7-11H2,(H,25,30)/t12-,15+,19-/m0/s1. The number of fused-ring (bicyclic) bond motifs is 3. The Balaban J connectivity index is 1.31. The van der Waals surface area contributed by atoms with Gasteiger partial charge in [-0.2, -0.15) is 0 Å². The van der Waals surface area contributed by atoms with E-state index in [4.69, 9.17) is 0 Å². The summed E-state index contributed by atoms with van der Waals surface area (Å²) in [4.78, 5) is 28.5. The van der Waals surface area contributed by atoms with Gasteiger partial charge >= 0.3 is 6.03 Å². The largest absolute Gasteiger partial charge is 0.508 e. The number of carbonyl (C=O) groups is 2. The van der Waals surface area contributed by atoms with Crippen LogP contribution in [0.2, 0.25) is 0 Å². The number of hydrogen-bond donors (Lipinski definition) is 2. The molecule has 2 aromatic carbocycles. The molecular weight excluding hydrogens is 392 g/mol. The summed E-state index contributed by atoms with van der Waals surface area (Å²) >= 11 is 0. The zero-order valence-corrected chi connectivity index (χ0v) is 16.1. The summed E-state index contributed by atoms with van der Waals surface area (Å²) in [5, 5.41) is 12.1. The van der Waals surface area contributed by atoms with Gasteiger partial charge in [0.25, 0.3) is 0 Å². The monoisotopic (exact) mass is 413 g/mol. The predicted molar refractivity (Wildman–Crippen MR) is 105 cm³/mol. The smallest absolute Gasteiger partial charge is 0.322 e. The molecule has 2 aliphatic heterocycles. The molecule has 3 atom stereocenters. The number of phenols is 1. The number of benzene rings is 2. The lowest BCUT2D eigenvalue weighted by Crippen LogP contribution is -2.49. The van der Waals surface area contributed by atoms with E-state index in [-0.39, 0.29) is 48.0 Å². The maximum atomic E-state index is 14.1. The highest BCUT2D eigenvalue weighted by Crippen LogP contribution is 2.47. The van der Waals surface area contributed by atoms with E-state index in [0.29, 0.717) is 12.5 Å². The zero-order chi connectivity index (χ0) is 21.0. The lowest BCUT2D eigenvalue weighted by atomic mass is 9.90. The Hall–Kier alpha value is -3.16. The van der Waals surface area contributed by atoms with Gasteiger partial charge in [0, 0.05) is 24.1 Å². The van der Waals surface area contributed by atoms with Gasteiger partial charge < -0.3 is 20.2 Å². The first-order valence-electron chi connectivity index (χ1n) is 10.0. The van der Waals surface area contributed by atoms with Crippen LogP contribution < -0.4 is 5.32 Å². The second-order valence-electron chi connectivity index (χ2n) is 8.32. The van der Waals surface area contributed by atoms with E-state index < -0.39 is 17.7 Å². The third kappa shape index (κ3) is 3.07. The Morgan fingerprint density at radius 2 is 1.90 bits per heavy atom. The molecule has 30 heavy (non-hydrogen) atoms. The molecule has 1 saturated heterocycles. The number of rotatable bonds is 3. The van der Waals surface area contributed by atoms with Crippen LogP contribution in [0.5, 0.6) is 5.75 Å². The molecule has 8 heteroatoms. The molecule has 5 rings (SSSR count). The lowest BCUT2D eigenvalue weighted by Gasteiger charge is -2.36. The summed E-state index contributed by atoms with van der Waals surface area (Å²) in [7, 11) is 0. The number of carbonyl (C=O) groups excluding carboxylic acids is 2. The summed E-state index contributed by atoms with van der Waals surface area (Å²) < 4.78 is 27.7. The van der Waals surface area contributed by atoms with Gasteiger partial charge in [-0.25, -0.2) is 13.6 Å². The molecule has 3 amide bonds. The van der Waals surface area contributed by atoms with E-state index in [1.807, 2.05) is 17.0 Å². The van der Waals surface area contributed by atoms with E-state index in [2.05, 4.69) is 5.32 Å². The number of amides is 3. The number of nitrogens with zero attached hydrogens (tertiary/aromatic N) is 2. The molecule has 0 spiro atoms. The minimum Gasteiger partial charge on any atom is -0.508 e. The number of likely N-dealkylation sites (tertiary alicyclic amines) is 1. The highest BCUT2D eigenvalue weighted by Gasteiger charge is 2.47. The Bertz CT molecular complexity index is 1030. The van der Waals surface area contributed by atoms with E-state index in [0.717, 1.165) is 24.5 Å². The SMILES string of the molecule is O=C1Nc2ccc(F)c(F)c2CN1CC(=O)N1C[C@H]2C[C@H](c3ccc(O)cc3)[C@@H]1C2. The highest BCUT2D eigenvalue weighted by molar-refractivity contribution is 5.95. The van der Waals surface area contributed by atoms with Crippen molar-refractivity contribution in [3.63, 3.8) is 0 Å². The van der Waals surface area contributed by atoms with Crippen molar-refractivity contribution in [2.24, 2.45) is 5.92 Å².